The number of thiophene rings is 1. The summed E-state index contributed by atoms with van der Waals surface area (Å²) in [4.78, 5) is 37.2. The summed E-state index contributed by atoms with van der Waals surface area (Å²) in [6, 6.07) is 15.6. The van der Waals surface area contributed by atoms with E-state index in [4.69, 9.17) is 16.3 Å². The van der Waals surface area contributed by atoms with Crippen molar-refractivity contribution in [3.63, 3.8) is 0 Å². The van der Waals surface area contributed by atoms with Gasteiger partial charge in [0, 0.05) is 33.8 Å². The van der Waals surface area contributed by atoms with E-state index in [1.807, 2.05) is 6.92 Å². The van der Waals surface area contributed by atoms with Gasteiger partial charge in [-0.05, 0) is 36.1 Å². The van der Waals surface area contributed by atoms with E-state index >= 15 is 0 Å². The lowest BCUT2D eigenvalue weighted by Gasteiger charge is -2.18. The SMILES string of the molecule is Cc1ccc(NC(=O)C(OC(=O)CCNC(=O)c2ccsc2)c2ccccc2)cc1Cl. The number of amides is 2. The highest BCUT2D eigenvalue weighted by Gasteiger charge is 2.25. The van der Waals surface area contributed by atoms with E-state index in [1.165, 1.54) is 11.3 Å². The third kappa shape index (κ3) is 6.41. The van der Waals surface area contributed by atoms with Crippen molar-refractivity contribution < 1.29 is 19.1 Å². The summed E-state index contributed by atoms with van der Waals surface area (Å²) in [5, 5.41) is 9.44. The average molecular weight is 457 g/mol. The molecule has 8 heteroatoms. The van der Waals surface area contributed by atoms with Crippen molar-refractivity contribution in [1.29, 1.82) is 0 Å². The maximum atomic E-state index is 12.9. The van der Waals surface area contributed by atoms with Gasteiger partial charge in [-0.2, -0.15) is 11.3 Å². The number of rotatable bonds is 8. The van der Waals surface area contributed by atoms with Gasteiger partial charge in [0.2, 0.25) is 6.10 Å². The predicted octanol–water partition coefficient (Wildman–Crippen LogP) is 4.75. The van der Waals surface area contributed by atoms with Crippen molar-refractivity contribution in [2.75, 3.05) is 11.9 Å². The smallest absolute Gasteiger partial charge is 0.308 e. The molecule has 3 aromatic rings. The van der Waals surface area contributed by atoms with Crippen LogP contribution in [0.2, 0.25) is 5.02 Å². The summed E-state index contributed by atoms with van der Waals surface area (Å²) >= 11 is 7.54. The van der Waals surface area contributed by atoms with Crippen molar-refractivity contribution in [3.05, 3.63) is 87.1 Å². The molecule has 2 N–H and O–H groups in total. The molecule has 160 valence electrons. The van der Waals surface area contributed by atoms with Crippen molar-refractivity contribution in [2.24, 2.45) is 0 Å². The lowest BCUT2D eigenvalue weighted by Crippen LogP contribution is -2.29. The minimum Gasteiger partial charge on any atom is -0.447 e. The predicted molar refractivity (Wildman–Crippen MR) is 121 cm³/mol. The van der Waals surface area contributed by atoms with Gasteiger partial charge in [0.05, 0.1) is 6.42 Å². The molecule has 1 aromatic heterocycles. The van der Waals surface area contributed by atoms with Crippen molar-refractivity contribution in [1.82, 2.24) is 5.32 Å². The van der Waals surface area contributed by atoms with Gasteiger partial charge in [-0.1, -0.05) is 48.0 Å². The van der Waals surface area contributed by atoms with Gasteiger partial charge >= 0.3 is 5.97 Å². The molecule has 3 rings (SSSR count). The molecular weight excluding hydrogens is 436 g/mol. The number of ether oxygens (including phenoxy) is 1. The van der Waals surface area contributed by atoms with Gasteiger partial charge in [0.15, 0.2) is 0 Å². The second-order valence-corrected chi connectivity index (χ2v) is 7.94. The fourth-order valence-corrected chi connectivity index (χ4v) is 3.56. The highest BCUT2D eigenvalue weighted by atomic mass is 35.5. The second kappa shape index (κ2) is 10.7. The van der Waals surface area contributed by atoms with Crippen LogP contribution >= 0.6 is 22.9 Å². The number of halogens is 1. The van der Waals surface area contributed by atoms with Gasteiger partial charge in [0.25, 0.3) is 11.8 Å². The van der Waals surface area contributed by atoms with E-state index in [1.54, 1.807) is 65.4 Å². The van der Waals surface area contributed by atoms with Gasteiger partial charge in [-0.3, -0.25) is 14.4 Å². The van der Waals surface area contributed by atoms with E-state index in [0.29, 0.717) is 21.8 Å². The Morgan fingerprint density at radius 2 is 1.87 bits per heavy atom. The monoisotopic (exact) mass is 456 g/mol. The molecule has 0 spiro atoms. The van der Waals surface area contributed by atoms with Crippen LogP contribution < -0.4 is 10.6 Å². The summed E-state index contributed by atoms with van der Waals surface area (Å²) in [6.45, 7) is 1.96. The number of hydrogen-bond donors (Lipinski definition) is 2. The van der Waals surface area contributed by atoms with Gasteiger partial charge < -0.3 is 15.4 Å². The van der Waals surface area contributed by atoms with E-state index in [9.17, 15) is 14.4 Å². The number of esters is 1. The van der Waals surface area contributed by atoms with Crippen molar-refractivity contribution in [2.45, 2.75) is 19.4 Å². The van der Waals surface area contributed by atoms with Crippen LogP contribution in [0.4, 0.5) is 5.69 Å². The van der Waals surface area contributed by atoms with Crippen LogP contribution in [0.25, 0.3) is 0 Å². The first-order chi connectivity index (χ1) is 14.9. The van der Waals surface area contributed by atoms with Crippen LogP contribution in [0.15, 0.2) is 65.4 Å². The zero-order valence-corrected chi connectivity index (χ0v) is 18.3. The second-order valence-electron chi connectivity index (χ2n) is 6.75. The Hall–Kier alpha value is -3.16. The normalized spacial score (nSPS) is 11.4. The van der Waals surface area contributed by atoms with Crippen LogP contribution in [0.1, 0.15) is 34.0 Å². The third-order valence-corrected chi connectivity index (χ3v) is 5.52. The van der Waals surface area contributed by atoms with E-state index in [2.05, 4.69) is 10.6 Å². The van der Waals surface area contributed by atoms with Crippen molar-refractivity contribution >= 4 is 46.4 Å². The van der Waals surface area contributed by atoms with Crippen LogP contribution in [-0.4, -0.2) is 24.3 Å². The van der Waals surface area contributed by atoms with Crippen LogP contribution in [0.3, 0.4) is 0 Å². The molecule has 2 amide bonds. The number of carbonyl (C=O) groups is 3. The molecule has 6 nitrogen and oxygen atoms in total. The number of benzene rings is 2. The number of carbonyl (C=O) groups excluding carboxylic acids is 3. The first kappa shape index (κ1) is 22.5. The molecule has 1 unspecified atom stereocenters. The molecule has 0 aliphatic heterocycles. The maximum absolute atomic E-state index is 12.9. The molecule has 0 saturated carbocycles. The van der Waals surface area contributed by atoms with Crippen LogP contribution in [0, 0.1) is 6.92 Å². The lowest BCUT2D eigenvalue weighted by molar-refractivity contribution is -0.154. The Kier molecular flexibility index (Phi) is 7.81. The summed E-state index contributed by atoms with van der Waals surface area (Å²) in [7, 11) is 0. The molecule has 1 heterocycles. The molecule has 0 saturated heterocycles. The number of hydrogen-bond acceptors (Lipinski definition) is 5. The number of aryl methyl sites for hydroxylation is 1. The Morgan fingerprint density at radius 1 is 1.10 bits per heavy atom. The number of anilines is 1. The molecular formula is C23H21ClN2O4S. The summed E-state index contributed by atoms with van der Waals surface area (Å²) in [6.07, 6.45) is -1.20. The Balaban J connectivity index is 1.63. The molecule has 0 fully saturated rings. The molecule has 0 bridgehead atoms. The summed E-state index contributed by atoms with van der Waals surface area (Å²) < 4.78 is 5.46. The Labute approximate surface area is 189 Å². The minimum absolute atomic E-state index is 0.0666. The van der Waals surface area contributed by atoms with Gasteiger partial charge in [0.1, 0.15) is 0 Å². The summed E-state index contributed by atoms with van der Waals surface area (Å²) in [5.41, 5.74) is 2.46. The Bertz CT molecular complexity index is 1050. The number of nitrogens with one attached hydrogen (secondary N) is 2. The molecule has 2 aromatic carbocycles. The zero-order chi connectivity index (χ0) is 22.2. The fourth-order valence-electron chi connectivity index (χ4n) is 2.74. The van der Waals surface area contributed by atoms with E-state index < -0.39 is 18.0 Å². The molecule has 0 radical (unpaired) electrons. The molecule has 0 aliphatic carbocycles. The summed E-state index contributed by atoms with van der Waals surface area (Å²) in [5.74, 6) is -1.36. The third-order valence-electron chi connectivity index (χ3n) is 4.43. The maximum Gasteiger partial charge on any atom is 0.308 e. The highest BCUT2D eigenvalue weighted by molar-refractivity contribution is 7.08. The van der Waals surface area contributed by atoms with E-state index in [-0.39, 0.29) is 18.9 Å². The molecule has 31 heavy (non-hydrogen) atoms. The van der Waals surface area contributed by atoms with E-state index in [0.717, 1.165) is 5.56 Å². The van der Waals surface area contributed by atoms with Crippen LogP contribution in [0.5, 0.6) is 0 Å². The largest absolute Gasteiger partial charge is 0.447 e. The zero-order valence-electron chi connectivity index (χ0n) is 16.8. The molecule has 1 atom stereocenters. The van der Waals surface area contributed by atoms with Gasteiger partial charge in [-0.15, -0.1) is 0 Å². The first-order valence-electron chi connectivity index (χ1n) is 9.56. The van der Waals surface area contributed by atoms with Crippen LogP contribution in [-0.2, 0) is 14.3 Å². The highest BCUT2D eigenvalue weighted by Crippen LogP contribution is 2.24. The first-order valence-corrected chi connectivity index (χ1v) is 10.9. The topological polar surface area (TPSA) is 84.5 Å². The average Bonchev–Trinajstić information content (AvgIpc) is 3.30. The van der Waals surface area contributed by atoms with Crippen molar-refractivity contribution in [3.8, 4) is 0 Å². The lowest BCUT2D eigenvalue weighted by atomic mass is 10.1. The Morgan fingerprint density at radius 3 is 2.55 bits per heavy atom. The quantitative estimate of drug-likeness (QED) is 0.479. The standard InChI is InChI=1S/C23H21ClN2O4S/c1-15-7-8-18(13-19(15)24)26-23(29)21(16-5-3-2-4-6-16)30-20(27)9-11-25-22(28)17-10-12-31-14-17/h2-8,10,12-14,21H,9,11H2,1H3,(H,25,28)(H,26,29). The fraction of sp³-hybridized carbons (Fsp3) is 0.174. The van der Waals surface area contributed by atoms with Gasteiger partial charge in [-0.25, -0.2) is 0 Å². The molecule has 0 aliphatic rings. The minimum atomic E-state index is -1.14.